The van der Waals surface area contributed by atoms with Gasteiger partial charge in [0, 0.05) is 51.3 Å². The Bertz CT molecular complexity index is 905. The molecule has 0 saturated carbocycles. The van der Waals surface area contributed by atoms with Crippen LogP contribution in [0.4, 0.5) is 0 Å². The number of hydrogen-bond acceptors (Lipinski definition) is 6. The average molecular weight is 454 g/mol. The number of rotatable bonds is 6. The molecule has 1 unspecified atom stereocenters. The highest BCUT2D eigenvalue weighted by Gasteiger charge is 2.40. The van der Waals surface area contributed by atoms with Crippen molar-refractivity contribution in [3.63, 3.8) is 0 Å². The molecule has 1 aromatic carbocycles. The van der Waals surface area contributed by atoms with Gasteiger partial charge in [0.05, 0.1) is 0 Å². The van der Waals surface area contributed by atoms with E-state index in [0.29, 0.717) is 13.0 Å². The number of amides is 3. The van der Waals surface area contributed by atoms with Gasteiger partial charge in [-0.05, 0) is 62.4 Å². The topological polar surface area (TPSA) is 85.0 Å². The van der Waals surface area contributed by atoms with Crippen molar-refractivity contribution in [2.45, 2.75) is 51.2 Å². The van der Waals surface area contributed by atoms with Gasteiger partial charge < -0.3 is 15.1 Å². The van der Waals surface area contributed by atoms with E-state index < -0.39 is 6.04 Å². The van der Waals surface area contributed by atoms with Gasteiger partial charge >= 0.3 is 0 Å². The molecule has 2 N–H and O–H groups in total. The molecule has 0 aromatic heterocycles. The highest BCUT2D eigenvalue weighted by atomic mass is 16.2. The lowest BCUT2D eigenvalue weighted by molar-refractivity contribution is -0.136. The second kappa shape index (κ2) is 9.91. The van der Waals surface area contributed by atoms with Gasteiger partial charge in [-0.15, -0.1) is 0 Å². The Morgan fingerprint density at radius 1 is 0.939 bits per heavy atom. The Kier molecular flexibility index (Phi) is 6.76. The smallest absolute Gasteiger partial charge is 0.255 e. The van der Waals surface area contributed by atoms with Crippen LogP contribution in [0.15, 0.2) is 18.2 Å². The molecule has 8 heteroatoms. The van der Waals surface area contributed by atoms with Crippen LogP contribution in [0.5, 0.6) is 0 Å². The van der Waals surface area contributed by atoms with Gasteiger partial charge in [-0.2, -0.15) is 0 Å². The summed E-state index contributed by atoms with van der Waals surface area (Å²) in [6, 6.07) is 5.50. The second-order valence-electron chi connectivity index (χ2n) is 9.95. The van der Waals surface area contributed by atoms with E-state index in [1.54, 1.807) is 4.90 Å². The fourth-order valence-corrected chi connectivity index (χ4v) is 5.77. The predicted octanol–water partition coefficient (Wildman–Crippen LogP) is 0.955. The van der Waals surface area contributed by atoms with Crippen LogP contribution < -0.4 is 10.6 Å². The Morgan fingerprint density at radius 3 is 2.45 bits per heavy atom. The van der Waals surface area contributed by atoms with Crippen LogP contribution >= 0.6 is 0 Å². The van der Waals surface area contributed by atoms with Crippen LogP contribution in [0.3, 0.4) is 0 Å². The molecule has 0 spiro atoms. The number of hydrogen-bond donors (Lipinski definition) is 2. The lowest BCUT2D eigenvalue weighted by Gasteiger charge is -2.36. The molecule has 5 rings (SSSR count). The van der Waals surface area contributed by atoms with Gasteiger partial charge in [-0.25, -0.2) is 0 Å². The van der Waals surface area contributed by atoms with Gasteiger partial charge in [0.1, 0.15) is 6.04 Å². The molecule has 3 amide bonds. The monoisotopic (exact) mass is 453 g/mol. The van der Waals surface area contributed by atoms with E-state index in [1.807, 2.05) is 18.2 Å². The van der Waals surface area contributed by atoms with Crippen molar-refractivity contribution >= 4 is 17.7 Å². The Labute approximate surface area is 195 Å². The average Bonchev–Trinajstić information content (AvgIpc) is 3.16. The molecule has 33 heavy (non-hydrogen) atoms. The minimum absolute atomic E-state index is 0.0734. The Morgan fingerprint density at radius 2 is 1.70 bits per heavy atom. The van der Waals surface area contributed by atoms with Crippen LogP contribution in [-0.4, -0.2) is 84.3 Å². The summed E-state index contributed by atoms with van der Waals surface area (Å²) in [6.07, 6.45) is 4.61. The molecule has 1 atom stereocenters. The van der Waals surface area contributed by atoms with Gasteiger partial charge in [-0.1, -0.05) is 18.2 Å². The first-order valence-corrected chi connectivity index (χ1v) is 12.5. The molecule has 8 nitrogen and oxygen atoms in total. The fraction of sp³-hybridized carbons (Fsp3) is 0.640. The summed E-state index contributed by atoms with van der Waals surface area (Å²) < 4.78 is 0. The molecule has 0 aliphatic carbocycles. The van der Waals surface area contributed by atoms with Crippen LogP contribution in [0, 0.1) is 5.92 Å². The molecule has 178 valence electrons. The number of nitrogens with zero attached hydrogens (tertiary/aromatic N) is 3. The number of carbonyl (C=O) groups excluding carboxylic acids is 3. The quantitative estimate of drug-likeness (QED) is 0.624. The van der Waals surface area contributed by atoms with E-state index in [0.717, 1.165) is 55.3 Å². The van der Waals surface area contributed by atoms with Crippen molar-refractivity contribution in [2.75, 3.05) is 45.8 Å². The van der Waals surface area contributed by atoms with E-state index in [2.05, 4.69) is 20.4 Å². The molecule has 1 aromatic rings. The van der Waals surface area contributed by atoms with Crippen molar-refractivity contribution in [2.24, 2.45) is 5.92 Å². The van der Waals surface area contributed by atoms with Crippen LogP contribution in [0.1, 0.15) is 53.6 Å². The highest BCUT2D eigenvalue weighted by molar-refractivity contribution is 6.05. The molecule has 4 aliphatic rings. The molecular weight excluding hydrogens is 418 g/mol. The molecular formula is C25H35N5O3. The third-order valence-electron chi connectivity index (χ3n) is 7.81. The number of piperidine rings is 2. The van der Waals surface area contributed by atoms with Crippen LogP contribution in [0.2, 0.25) is 0 Å². The predicted molar refractivity (Wildman–Crippen MR) is 124 cm³/mol. The molecule has 4 heterocycles. The first-order chi connectivity index (χ1) is 16.1. The summed E-state index contributed by atoms with van der Waals surface area (Å²) in [5, 5.41) is 5.83. The Hall–Kier alpha value is -2.29. The van der Waals surface area contributed by atoms with Gasteiger partial charge in [0.15, 0.2) is 0 Å². The van der Waals surface area contributed by atoms with Gasteiger partial charge in [0.25, 0.3) is 5.91 Å². The zero-order valence-corrected chi connectivity index (χ0v) is 19.4. The SMILES string of the molecule is O=C1CCC(N2Cc3cccc(CN4CCN(CCC5CCNCC5)CC4)c3C2=O)C(=O)N1. The maximum Gasteiger partial charge on any atom is 0.255 e. The Balaban J connectivity index is 1.16. The third-order valence-corrected chi connectivity index (χ3v) is 7.81. The first kappa shape index (κ1) is 22.5. The van der Waals surface area contributed by atoms with E-state index in [-0.39, 0.29) is 24.1 Å². The number of fused-ring (bicyclic) bond motifs is 1. The number of imide groups is 1. The van der Waals surface area contributed by atoms with E-state index >= 15 is 0 Å². The lowest BCUT2D eigenvalue weighted by atomic mass is 9.94. The van der Waals surface area contributed by atoms with E-state index in [1.165, 1.54) is 38.9 Å². The standard InChI is InChI=1S/C25H35N5O3/c31-22-5-4-21(24(32)27-22)30-17-20-3-1-2-19(23(20)25(30)33)16-29-14-12-28(13-15-29)11-8-18-6-9-26-10-7-18/h1-3,18,21,26H,4-17H2,(H,27,31,32). The lowest BCUT2D eigenvalue weighted by Crippen LogP contribution is -2.52. The number of nitrogens with one attached hydrogen (secondary N) is 2. The zero-order valence-electron chi connectivity index (χ0n) is 19.4. The van der Waals surface area contributed by atoms with Crippen molar-refractivity contribution in [3.05, 3.63) is 34.9 Å². The van der Waals surface area contributed by atoms with Crippen molar-refractivity contribution in [1.29, 1.82) is 0 Å². The zero-order chi connectivity index (χ0) is 22.8. The second-order valence-corrected chi connectivity index (χ2v) is 9.95. The molecule has 3 fully saturated rings. The summed E-state index contributed by atoms with van der Waals surface area (Å²) in [6.45, 7) is 8.92. The minimum atomic E-state index is -0.557. The maximum absolute atomic E-state index is 13.3. The highest BCUT2D eigenvalue weighted by Crippen LogP contribution is 2.30. The minimum Gasteiger partial charge on any atom is -0.322 e. The third kappa shape index (κ3) is 4.98. The van der Waals surface area contributed by atoms with Gasteiger partial charge in [0.2, 0.25) is 11.8 Å². The largest absolute Gasteiger partial charge is 0.322 e. The number of benzene rings is 1. The van der Waals surface area contributed by atoms with Crippen LogP contribution in [-0.2, 0) is 22.7 Å². The molecule has 3 saturated heterocycles. The van der Waals surface area contributed by atoms with Crippen molar-refractivity contribution in [3.8, 4) is 0 Å². The normalized spacial score (nSPS) is 25.4. The molecule has 0 bridgehead atoms. The maximum atomic E-state index is 13.3. The summed E-state index contributed by atoms with van der Waals surface area (Å²) in [5.74, 6) is 0.191. The summed E-state index contributed by atoms with van der Waals surface area (Å²) >= 11 is 0. The fourth-order valence-electron chi connectivity index (χ4n) is 5.77. The molecule has 4 aliphatic heterocycles. The summed E-state index contributed by atoms with van der Waals surface area (Å²) in [7, 11) is 0. The first-order valence-electron chi connectivity index (χ1n) is 12.5. The van der Waals surface area contributed by atoms with E-state index in [9.17, 15) is 14.4 Å². The van der Waals surface area contributed by atoms with Crippen molar-refractivity contribution < 1.29 is 14.4 Å². The van der Waals surface area contributed by atoms with E-state index in [4.69, 9.17) is 0 Å². The van der Waals surface area contributed by atoms with Crippen molar-refractivity contribution in [1.82, 2.24) is 25.3 Å². The number of piperazine rings is 1. The number of carbonyl (C=O) groups is 3. The summed E-state index contributed by atoms with van der Waals surface area (Å²) in [5.41, 5.74) is 2.80. The van der Waals surface area contributed by atoms with Crippen LogP contribution in [0.25, 0.3) is 0 Å². The molecule has 0 radical (unpaired) electrons. The van der Waals surface area contributed by atoms with Gasteiger partial charge in [-0.3, -0.25) is 24.6 Å². The summed E-state index contributed by atoms with van der Waals surface area (Å²) in [4.78, 5) is 43.8.